The molecule has 0 amide bonds. The number of fused-ring (bicyclic) bond motifs is 1. The zero-order valence-corrected chi connectivity index (χ0v) is 20.4. The first-order valence-electron chi connectivity index (χ1n) is 12.4. The smallest absolute Gasteiger partial charge is 0.159 e. The molecule has 1 heterocycles. The lowest BCUT2D eigenvalue weighted by Gasteiger charge is -2.40. The van der Waals surface area contributed by atoms with E-state index in [0.29, 0.717) is 18.5 Å². The third-order valence-corrected chi connectivity index (χ3v) is 7.14. The van der Waals surface area contributed by atoms with Gasteiger partial charge < -0.3 is 14.7 Å². The molecule has 0 unspecified atom stereocenters. The molecule has 0 spiro atoms. The van der Waals surface area contributed by atoms with Crippen LogP contribution in [-0.4, -0.2) is 55.5 Å². The van der Waals surface area contributed by atoms with E-state index in [1.54, 1.807) is 7.11 Å². The maximum absolute atomic E-state index is 9.46. The third kappa shape index (κ3) is 4.37. The van der Waals surface area contributed by atoms with Gasteiger partial charge in [-0.25, -0.2) is 9.97 Å². The Morgan fingerprint density at radius 1 is 1.00 bits per heavy atom. The normalized spacial score (nSPS) is 16.1. The number of para-hydroxylation sites is 2. The Hall–Kier alpha value is -3.06. The number of rotatable bonds is 9. The van der Waals surface area contributed by atoms with Crippen LogP contribution in [0.5, 0.6) is 5.75 Å². The van der Waals surface area contributed by atoms with Crippen LogP contribution >= 0.6 is 0 Å². The third-order valence-electron chi connectivity index (χ3n) is 7.14. The Morgan fingerprint density at radius 3 is 2.47 bits per heavy atom. The predicted octanol–water partition coefficient (Wildman–Crippen LogP) is 4.74. The summed E-state index contributed by atoms with van der Waals surface area (Å²) >= 11 is 0. The fourth-order valence-electron chi connectivity index (χ4n) is 5.06. The Balaban J connectivity index is 1.68. The summed E-state index contributed by atoms with van der Waals surface area (Å²) in [6, 6.07) is 14.9. The van der Waals surface area contributed by atoms with E-state index in [0.717, 1.165) is 65.4 Å². The van der Waals surface area contributed by atoms with Gasteiger partial charge in [0.05, 0.1) is 31.0 Å². The van der Waals surface area contributed by atoms with Crippen LogP contribution in [0.25, 0.3) is 10.9 Å². The fraction of sp³-hybridized carbons (Fsp3) is 0.481. The number of anilines is 3. The molecule has 1 aromatic heterocycles. The summed E-state index contributed by atoms with van der Waals surface area (Å²) < 4.78 is 5.72. The van der Waals surface area contributed by atoms with E-state index >= 15 is 0 Å². The molecule has 2 aromatic carbocycles. The molecule has 1 N–H and O–H groups in total. The summed E-state index contributed by atoms with van der Waals surface area (Å²) in [6.45, 7) is 0.693. The molecule has 0 aliphatic heterocycles. The second-order valence-corrected chi connectivity index (χ2v) is 9.50. The molecule has 2 aliphatic carbocycles. The summed E-state index contributed by atoms with van der Waals surface area (Å²) in [5.74, 6) is 3.22. The number of benzene rings is 2. The first-order valence-corrected chi connectivity index (χ1v) is 12.4. The van der Waals surface area contributed by atoms with Gasteiger partial charge in [-0.15, -0.1) is 0 Å². The van der Waals surface area contributed by atoms with Gasteiger partial charge in [0.25, 0.3) is 0 Å². The summed E-state index contributed by atoms with van der Waals surface area (Å²) in [5, 5.41) is 15.1. The van der Waals surface area contributed by atoms with Crippen molar-refractivity contribution in [2.24, 2.45) is 0 Å². The molecule has 7 heteroatoms. The van der Waals surface area contributed by atoms with Gasteiger partial charge >= 0.3 is 0 Å². The molecule has 2 saturated carbocycles. The van der Waals surface area contributed by atoms with Crippen LogP contribution in [0.3, 0.4) is 0 Å². The van der Waals surface area contributed by atoms with Gasteiger partial charge in [-0.2, -0.15) is 0 Å². The number of aliphatic hydroxyl groups is 1. The number of ether oxygens (including phenoxy) is 1. The molecule has 0 radical (unpaired) electrons. The molecule has 2 fully saturated rings. The molecule has 7 nitrogen and oxygen atoms in total. The Morgan fingerprint density at radius 2 is 1.76 bits per heavy atom. The standard InChI is InChI=1S/C27H35N5O2/c1-30(16-17-33)21-14-15-23-22(18-21)27(29-26(28-23)19-12-13-19)32(20-8-4-5-9-20)31(2)24-10-6-7-11-25(24)34-3/h6-7,10-11,14-15,18-20,33H,4-5,8-9,12-13,16-17H2,1-3H3. The molecule has 0 atom stereocenters. The van der Waals surface area contributed by atoms with E-state index in [-0.39, 0.29) is 6.61 Å². The van der Waals surface area contributed by atoms with Gasteiger partial charge in [-0.05, 0) is 56.0 Å². The number of hydrogen-bond acceptors (Lipinski definition) is 7. The molecule has 180 valence electrons. The Bertz CT molecular complexity index is 1140. The van der Waals surface area contributed by atoms with Crippen LogP contribution in [-0.2, 0) is 0 Å². The van der Waals surface area contributed by atoms with Crippen LogP contribution in [0.4, 0.5) is 17.2 Å². The van der Waals surface area contributed by atoms with Crippen molar-refractivity contribution in [1.82, 2.24) is 9.97 Å². The molecule has 2 aliphatic rings. The molecular formula is C27H35N5O2. The van der Waals surface area contributed by atoms with Crippen LogP contribution in [0.2, 0.25) is 0 Å². The minimum Gasteiger partial charge on any atom is -0.495 e. The quantitative estimate of drug-likeness (QED) is 0.462. The van der Waals surface area contributed by atoms with Gasteiger partial charge in [0.2, 0.25) is 0 Å². The molecule has 5 rings (SSSR count). The van der Waals surface area contributed by atoms with Crippen LogP contribution in [0.15, 0.2) is 42.5 Å². The lowest BCUT2D eigenvalue weighted by molar-refractivity contribution is 0.304. The maximum Gasteiger partial charge on any atom is 0.159 e. The van der Waals surface area contributed by atoms with E-state index < -0.39 is 0 Å². The van der Waals surface area contributed by atoms with Gasteiger partial charge in [-0.3, -0.25) is 10.0 Å². The highest BCUT2D eigenvalue weighted by Gasteiger charge is 2.33. The maximum atomic E-state index is 9.46. The number of hydrazine groups is 1. The summed E-state index contributed by atoms with van der Waals surface area (Å²) in [6.07, 6.45) is 7.04. The Labute approximate surface area is 201 Å². The average Bonchev–Trinajstić information content (AvgIpc) is 3.59. The van der Waals surface area contributed by atoms with Crippen LogP contribution < -0.4 is 19.7 Å². The highest BCUT2D eigenvalue weighted by atomic mass is 16.5. The van der Waals surface area contributed by atoms with Gasteiger partial charge in [-0.1, -0.05) is 25.0 Å². The van der Waals surface area contributed by atoms with E-state index in [1.807, 2.05) is 19.2 Å². The largest absolute Gasteiger partial charge is 0.495 e. The van der Waals surface area contributed by atoms with Gasteiger partial charge in [0.1, 0.15) is 11.6 Å². The predicted molar refractivity (Wildman–Crippen MR) is 138 cm³/mol. The topological polar surface area (TPSA) is 65.0 Å². The van der Waals surface area contributed by atoms with Crippen molar-refractivity contribution in [1.29, 1.82) is 0 Å². The summed E-state index contributed by atoms with van der Waals surface area (Å²) in [5.41, 5.74) is 3.05. The van der Waals surface area contributed by atoms with Gasteiger partial charge in [0, 0.05) is 37.6 Å². The first kappa shape index (κ1) is 22.7. The number of likely N-dealkylation sites (N-methyl/N-ethyl adjacent to an activating group) is 1. The summed E-state index contributed by atoms with van der Waals surface area (Å²) in [7, 11) is 5.84. The highest BCUT2D eigenvalue weighted by molar-refractivity contribution is 5.93. The monoisotopic (exact) mass is 461 g/mol. The Kier molecular flexibility index (Phi) is 6.46. The number of nitrogens with zero attached hydrogens (tertiary/aromatic N) is 5. The number of aliphatic hydroxyl groups excluding tert-OH is 1. The van der Waals surface area contributed by atoms with Crippen molar-refractivity contribution in [3.63, 3.8) is 0 Å². The van der Waals surface area contributed by atoms with Crippen molar-refractivity contribution in [3.8, 4) is 5.75 Å². The fourth-order valence-corrected chi connectivity index (χ4v) is 5.06. The first-order chi connectivity index (χ1) is 16.6. The molecule has 3 aromatic rings. The van der Waals surface area contributed by atoms with Crippen molar-refractivity contribution in [2.45, 2.75) is 50.5 Å². The molecular weight excluding hydrogens is 426 g/mol. The van der Waals surface area contributed by atoms with E-state index in [4.69, 9.17) is 14.7 Å². The molecule has 34 heavy (non-hydrogen) atoms. The number of methoxy groups -OCH3 is 1. The second-order valence-electron chi connectivity index (χ2n) is 9.50. The lowest BCUT2D eigenvalue weighted by Crippen LogP contribution is -2.47. The van der Waals surface area contributed by atoms with Crippen molar-refractivity contribution in [3.05, 3.63) is 48.3 Å². The lowest BCUT2D eigenvalue weighted by atomic mass is 10.1. The van der Waals surface area contributed by atoms with Crippen LogP contribution in [0, 0.1) is 0 Å². The van der Waals surface area contributed by atoms with Crippen molar-refractivity contribution >= 4 is 28.1 Å². The number of hydrogen-bond donors (Lipinski definition) is 1. The minimum absolute atomic E-state index is 0.114. The van der Waals surface area contributed by atoms with E-state index in [1.165, 1.54) is 12.8 Å². The average molecular weight is 462 g/mol. The van der Waals surface area contributed by atoms with E-state index in [2.05, 4.69) is 52.3 Å². The number of aromatic nitrogens is 2. The minimum atomic E-state index is 0.114. The van der Waals surface area contributed by atoms with Crippen molar-refractivity contribution < 1.29 is 9.84 Å². The second kappa shape index (κ2) is 9.66. The zero-order chi connectivity index (χ0) is 23.7. The van der Waals surface area contributed by atoms with Crippen molar-refractivity contribution in [2.75, 3.05) is 49.3 Å². The highest BCUT2D eigenvalue weighted by Crippen LogP contribution is 2.42. The van der Waals surface area contributed by atoms with Crippen LogP contribution in [0.1, 0.15) is 50.3 Å². The molecule has 0 saturated heterocycles. The summed E-state index contributed by atoms with van der Waals surface area (Å²) in [4.78, 5) is 12.3. The van der Waals surface area contributed by atoms with Gasteiger partial charge in [0.15, 0.2) is 5.82 Å². The molecule has 0 bridgehead atoms. The van der Waals surface area contributed by atoms with E-state index in [9.17, 15) is 5.11 Å². The zero-order valence-electron chi connectivity index (χ0n) is 20.4. The SMILES string of the molecule is COc1ccccc1N(C)N(c1nc(C2CC2)nc2ccc(N(C)CCO)cc12)C1CCCC1.